The van der Waals surface area contributed by atoms with Crippen LogP contribution in [0.3, 0.4) is 0 Å². The first-order valence-corrected chi connectivity index (χ1v) is 12.0. The van der Waals surface area contributed by atoms with Gasteiger partial charge in [0.1, 0.15) is 5.75 Å². The molecular weight excluding hydrogens is 459 g/mol. The molecule has 0 atom stereocenters. The molecule has 1 aliphatic carbocycles. The molecule has 0 bridgehead atoms. The summed E-state index contributed by atoms with van der Waals surface area (Å²) in [5.41, 5.74) is 0.355. The third-order valence-electron chi connectivity index (χ3n) is 8.26. The quantitative estimate of drug-likeness (QED) is 0.591. The number of hydrogen-bond donors (Lipinski definition) is 0. The first-order valence-electron chi connectivity index (χ1n) is 12.0. The van der Waals surface area contributed by atoms with E-state index < -0.39 is 17.6 Å². The molecule has 1 saturated carbocycles. The van der Waals surface area contributed by atoms with Gasteiger partial charge in [-0.3, -0.25) is 14.5 Å². The van der Waals surface area contributed by atoms with Crippen LogP contribution in [-0.4, -0.2) is 59.8 Å². The van der Waals surface area contributed by atoms with Crippen LogP contribution in [0.5, 0.6) is 5.75 Å². The van der Waals surface area contributed by atoms with E-state index in [-0.39, 0.29) is 28.1 Å². The van der Waals surface area contributed by atoms with E-state index in [2.05, 4.69) is 16.5 Å². The lowest BCUT2D eigenvalue weighted by Crippen LogP contribution is -2.56. The molecule has 35 heavy (non-hydrogen) atoms. The summed E-state index contributed by atoms with van der Waals surface area (Å²) in [4.78, 5) is 30.1. The van der Waals surface area contributed by atoms with Gasteiger partial charge in [0.15, 0.2) is 5.78 Å². The third-order valence-corrected chi connectivity index (χ3v) is 8.26. The topological polar surface area (TPSA) is 54.8 Å². The number of ether oxygens (including phenoxy) is 1. The number of halogens is 3. The average molecular weight is 490 g/mol. The van der Waals surface area contributed by atoms with Crippen LogP contribution in [0.25, 0.3) is 0 Å². The Kier molecular flexibility index (Phi) is 5.54. The van der Waals surface area contributed by atoms with Gasteiger partial charge in [-0.1, -0.05) is 6.92 Å². The first-order chi connectivity index (χ1) is 16.5. The number of Topliss-reactive ketones (excluding diaryl/α,β-unsaturated/α-hetero) is 1. The summed E-state index contributed by atoms with van der Waals surface area (Å²) in [7, 11) is 3.24. The second kappa shape index (κ2) is 8.11. The zero-order chi connectivity index (χ0) is 25.2. The number of benzene rings is 1. The summed E-state index contributed by atoms with van der Waals surface area (Å²) < 4.78 is 47.3. The summed E-state index contributed by atoms with van der Waals surface area (Å²) in [6.45, 7) is 4.39. The lowest BCUT2D eigenvalue weighted by Gasteiger charge is -2.50. The minimum Gasteiger partial charge on any atom is -0.496 e. The number of carbonyl (C=O) groups excluding carboxylic acids is 2. The normalized spacial score (nSPS) is 21.0. The van der Waals surface area contributed by atoms with E-state index >= 15 is 0 Å². The molecule has 1 aromatic carbocycles. The number of nitrogens with zero attached hydrogens (tertiary/aromatic N) is 3. The molecule has 9 heteroatoms. The highest BCUT2D eigenvalue weighted by Crippen LogP contribution is 2.49. The standard InChI is InChI=1S/C26H30F3N3O3/c1-24(8-9-24)22(33)19-5-7-21-25(30(2)14-15-32(19)21)10-12-31(13-11-25)23(34)17-4-6-20(35-3)18(16-17)26(27,28)29/h4-7,16H,8-15H2,1-3H3. The summed E-state index contributed by atoms with van der Waals surface area (Å²) in [5.74, 6) is -0.517. The second-order valence-electron chi connectivity index (χ2n) is 10.3. The molecule has 1 amide bonds. The van der Waals surface area contributed by atoms with Crippen LogP contribution in [-0.2, 0) is 18.3 Å². The van der Waals surface area contributed by atoms with Crippen molar-refractivity contribution in [2.75, 3.05) is 33.8 Å². The van der Waals surface area contributed by atoms with Crippen LogP contribution in [0.2, 0.25) is 0 Å². The predicted octanol–water partition coefficient (Wildman–Crippen LogP) is 4.58. The number of carbonyl (C=O) groups is 2. The molecule has 3 heterocycles. The van der Waals surface area contributed by atoms with Crippen molar-refractivity contribution in [2.45, 2.75) is 50.9 Å². The summed E-state index contributed by atoms with van der Waals surface area (Å²) in [5, 5.41) is 0. The highest BCUT2D eigenvalue weighted by atomic mass is 19.4. The maximum atomic E-state index is 13.4. The maximum Gasteiger partial charge on any atom is 0.419 e. The zero-order valence-corrected chi connectivity index (χ0v) is 20.2. The van der Waals surface area contributed by atoms with Gasteiger partial charge < -0.3 is 14.2 Å². The Balaban J connectivity index is 1.38. The number of alkyl halides is 3. The molecule has 0 unspecified atom stereocenters. The van der Waals surface area contributed by atoms with Crippen molar-refractivity contribution in [3.63, 3.8) is 0 Å². The van der Waals surface area contributed by atoms with E-state index in [1.165, 1.54) is 19.2 Å². The molecule has 2 aliphatic heterocycles. The molecule has 3 aliphatic rings. The fraction of sp³-hybridized carbons (Fsp3) is 0.538. The van der Waals surface area contributed by atoms with Gasteiger partial charge in [0.2, 0.25) is 0 Å². The van der Waals surface area contributed by atoms with Crippen molar-refractivity contribution in [3.8, 4) is 5.75 Å². The van der Waals surface area contributed by atoms with E-state index in [9.17, 15) is 22.8 Å². The molecule has 1 spiro atoms. The number of likely N-dealkylation sites (tertiary alicyclic amines) is 1. The van der Waals surface area contributed by atoms with Crippen molar-refractivity contribution in [3.05, 3.63) is 52.8 Å². The van der Waals surface area contributed by atoms with Gasteiger partial charge in [0, 0.05) is 42.9 Å². The monoisotopic (exact) mass is 489 g/mol. The van der Waals surface area contributed by atoms with Gasteiger partial charge in [-0.15, -0.1) is 0 Å². The molecule has 1 saturated heterocycles. The largest absolute Gasteiger partial charge is 0.496 e. The number of rotatable bonds is 4. The summed E-state index contributed by atoms with van der Waals surface area (Å²) in [6, 6.07) is 7.44. The molecule has 1 aromatic heterocycles. The van der Waals surface area contributed by atoms with E-state index in [1.54, 1.807) is 4.90 Å². The predicted molar refractivity (Wildman–Crippen MR) is 124 cm³/mol. The number of aromatic nitrogens is 1. The smallest absolute Gasteiger partial charge is 0.419 e. The Bertz CT molecular complexity index is 1170. The van der Waals surface area contributed by atoms with E-state index in [4.69, 9.17) is 4.74 Å². The molecule has 188 valence electrons. The number of amides is 1. The van der Waals surface area contributed by atoms with Gasteiger partial charge in [-0.2, -0.15) is 13.2 Å². The lowest BCUT2D eigenvalue weighted by atomic mass is 9.81. The number of ketones is 1. The van der Waals surface area contributed by atoms with Crippen molar-refractivity contribution in [1.82, 2.24) is 14.4 Å². The molecule has 6 nitrogen and oxygen atoms in total. The zero-order valence-electron chi connectivity index (χ0n) is 20.2. The van der Waals surface area contributed by atoms with E-state index in [0.29, 0.717) is 25.9 Å². The third kappa shape index (κ3) is 3.84. The number of likely N-dealkylation sites (N-methyl/N-ethyl adjacent to an activating group) is 1. The summed E-state index contributed by atoms with van der Waals surface area (Å²) >= 11 is 0. The van der Waals surface area contributed by atoms with Crippen molar-refractivity contribution in [2.24, 2.45) is 5.41 Å². The Morgan fingerprint density at radius 3 is 2.26 bits per heavy atom. The molecular formula is C26H30F3N3O3. The summed E-state index contributed by atoms with van der Waals surface area (Å²) in [6.07, 6.45) is -1.47. The van der Waals surface area contributed by atoms with E-state index in [1.807, 2.05) is 19.1 Å². The van der Waals surface area contributed by atoms with Gasteiger partial charge >= 0.3 is 6.18 Å². The van der Waals surface area contributed by atoms with Gasteiger partial charge in [0.05, 0.1) is 23.9 Å². The molecule has 0 radical (unpaired) electrons. The Morgan fingerprint density at radius 1 is 0.971 bits per heavy atom. The highest BCUT2D eigenvalue weighted by Gasteiger charge is 2.49. The molecule has 5 rings (SSSR count). The minimum absolute atomic E-state index is 0.00000837. The number of methoxy groups -OCH3 is 1. The van der Waals surface area contributed by atoms with Crippen LogP contribution in [0.4, 0.5) is 13.2 Å². The molecule has 0 N–H and O–H groups in total. The SMILES string of the molecule is COc1ccc(C(=O)N2CCC3(CC2)c2ccc(C(=O)C4(C)CC4)n2CCN3C)cc1C(F)(F)F. The Morgan fingerprint density at radius 2 is 1.66 bits per heavy atom. The van der Waals surface area contributed by atoms with E-state index in [0.717, 1.165) is 43.4 Å². The van der Waals surface area contributed by atoms with Crippen molar-refractivity contribution < 1.29 is 27.5 Å². The number of hydrogen-bond acceptors (Lipinski definition) is 4. The highest BCUT2D eigenvalue weighted by molar-refractivity contribution is 6.01. The van der Waals surface area contributed by atoms with Crippen LogP contribution in [0.1, 0.15) is 64.7 Å². The van der Waals surface area contributed by atoms with Crippen LogP contribution < -0.4 is 4.74 Å². The number of fused-ring (bicyclic) bond motifs is 2. The van der Waals surface area contributed by atoms with Gasteiger partial charge in [0.25, 0.3) is 5.91 Å². The fourth-order valence-corrected chi connectivity index (χ4v) is 5.66. The molecule has 2 fully saturated rings. The Labute approximate surface area is 202 Å². The minimum atomic E-state index is -4.61. The second-order valence-corrected chi connectivity index (χ2v) is 10.3. The lowest BCUT2D eigenvalue weighted by molar-refractivity contribution is -0.138. The average Bonchev–Trinajstić information content (AvgIpc) is 3.44. The number of piperidine rings is 1. The molecule has 2 aromatic rings. The van der Waals surface area contributed by atoms with Crippen LogP contribution in [0.15, 0.2) is 30.3 Å². The fourth-order valence-electron chi connectivity index (χ4n) is 5.66. The first kappa shape index (κ1) is 23.9. The van der Waals surface area contributed by atoms with Crippen molar-refractivity contribution in [1.29, 1.82) is 0 Å². The van der Waals surface area contributed by atoms with Crippen LogP contribution in [0, 0.1) is 5.41 Å². The van der Waals surface area contributed by atoms with Crippen LogP contribution >= 0.6 is 0 Å². The maximum absolute atomic E-state index is 13.4. The Hall–Kier alpha value is -2.81. The van der Waals surface area contributed by atoms with Gasteiger partial charge in [-0.25, -0.2) is 0 Å². The van der Waals surface area contributed by atoms with Gasteiger partial charge in [-0.05, 0) is 63.1 Å². The van der Waals surface area contributed by atoms with Crippen molar-refractivity contribution >= 4 is 11.7 Å².